The quantitative estimate of drug-likeness (QED) is 0.403. The average Bonchev–Trinajstić information content (AvgIpc) is 3.12. The van der Waals surface area contributed by atoms with Crippen LogP contribution in [0.4, 0.5) is 4.79 Å². The number of benzene rings is 2. The van der Waals surface area contributed by atoms with Crippen molar-refractivity contribution in [1.82, 2.24) is 10.6 Å². The molecule has 9 nitrogen and oxygen atoms in total. The van der Waals surface area contributed by atoms with E-state index in [9.17, 15) is 24.3 Å². The van der Waals surface area contributed by atoms with E-state index in [1.807, 2.05) is 48.5 Å². The molecule has 0 aliphatic heterocycles. The summed E-state index contributed by atoms with van der Waals surface area (Å²) in [5.74, 6) is -3.32. The molecular weight excluding hydrogens is 440 g/mol. The van der Waals surface area contributed by atoms with Crippen molar-refractivity contribution in [2.75, 3.05) is 13.2 Å². The van der Waals surface area contributed by atoms with Crippen LogP contribution in [-0.2, 0) is 23.9 Å². The number of hydrogen-bond acceptors (Lipinski definition) is 6. The van der Waals surface area contributed by atoms with Crippen LogP contribution in [0.3, 0.4) is 0 Å². The first-order valence-electron chi connectivity index (χ1n) is 11.2. The number of aliphatic carboxylic acids is 1. The van der Waals surface area contributed by atoms with Gasteiger partial charge in [-0.3, -0.25) is 10.1 Å². The highest BCUT2D eigenvalue weighted by atomic mass is 16.6. The monoisotopic (exact) mass is 466 g/mol. The molecule has 1 fully saturated rings. The molecule has 0 aromatic heterocycles. The summed E-state index contributed by atoms with van der Waals surface area (Å²) in [6.45, 7) is 1.54. The summed E-state index contributed by atoms with van der Waals surface area (Å²) in [4.78, 5) is 49.3. The Morgan fingerprint density at radius 1 is 1.00 bits per heavy atom. The van der Waals surface area contributed by atoms with E-state index in [2.05, 4.69) is 10.6 Å². The maximum Gasteiger partial charge on any atom is 0.408 e. The molecule has 2 aliphatic carbocycles. The van der Waals surface area contributed by atoms with Gasteiger partial charge in [-0.15, -0.1) is 0 Å². The number of carbonyl (C=O) groups excluding carboxylic acids is 3. The van der Waals surface area contributed by atoms with E-state index < -0.39 is 35.5 Å². The molecule has 0 bridgehead atoms. The Hall–Kier alpha value is -3.88. The molecule has 0 spiro atoms. The second-order valence-corrected chi connectivity index (χ2v) is 8.39. The topological polar surface area (TPSA) is 131 Å². The summed E-state index contributed by atoms with van der Waals surface area (Å²) in [6, 6.07) is 13.9. The number of carbonyl (C=O) groups is 4. The van der Waals surface area contributed by atoms with Crippen molar-refractivity contribution in [3.63, 3.8) is 0 Å². The molecule has 9 heteroatoms. The smallest absolute Gasteiger partial charge is 0.408 e. The van der Waals surface area contributed by atoms with Crippen LogP contribution in [-0.4, -0.2) is 53.8 Å². The Kier molecular flexibility index (Phi) is 6.54. The minimum atomic E-state index is -1.73. The summed E-state index contributed by atoms with van der Waals surface area (Å²) in [5.41, 5.74) is 2.73. The first kappa shape index (κ1) is 23.3. The number of hydrogen-bond donors (Lipinski definition) is 3. The fraction of sp³-hybridized carbons (Fsp3) is 0.360. The predicted molar refractivity (Wildman–Crippen MR) is 121 cm³/mol. The van der Waals surface area contributed by atoms with Gasteiger partial charge in [-0.25, -0.2) is 14.4 Å². The number of esters is 1. The summed E-state index contributed by atoms with van der Waals surface area (Å²) >= 11 is 0. The molecule has 3 N–H and O–H groups in total. The molecule has 0 saturated heterocycles. The van der Waals surface area contributed by atoms with Crippen LogP contribution < -0.4 is 10.6 Å². The van der Waals surface area contributed by atoms with Gasteiger partial charge in [0.05, 0.1) is 6.61 Å². The molecule has 2 aromatic rings. The molecule has 0 heterocycles. The lowest BCUT2D eigenvalue weighted by atomic mass is 9.76. The van der Waals surface area contributed by atoms with Crippen LogP contribution in [0.1, 0.15) is 43.2 Å². The van der Waals surface area contributed by atoms with E-state index in [-0.39, 0.29) is 32.0 Å². The minimum absolute atomic E-state index is 0.00388. The fourth-order valence-electron chi connectivity index (χ4n) is 4.45. The second kappa shape index (κ2) is 9.54. The lowest BCUT2D eigenvalue weighted by Gasteiger charge is -2.38. The molecule has 34 heavy (non-hydrogen) atoms. The van der Waals surface area contributed by atoms with E-state index in [0.29, 0.717) is 6.42 Å². The van der Waals surface area contributed by atoms with Gasteiger partial charge in [0.15, 0.2) is 0 Å². The Morgan fingerprint density at radius 3 is 2.09 bits per heavy atom. The normalized spacial score (nSPS) is 16.3. The van der Waals surface area contributed by atoms with Gasteiger partial charge < -0.3 is 19.9 Å². The number of carboxylic acid groups (broad SMARTS) is 1. The van der Waals surface area contributed by atoms with E-state index in [4.69, 9.17) is 9.47 Å². The molecule has 4 rings (SSSR count). The van der Waals surface area contributed by atoms with Gasteiger partial charge in [0.2, 0.25) is 6.04 Å². The highest BCUT2D eigenvalue weighted by Gasteiger charge is 2.47. The van der Waals surface area contributed by atoms with Crippen LogP contribution in [0.2, 0.25) is 0 Å². The highest BCUT2D eigenvalue weighted by molar-refractivity contribution is 6.05. The molecular formula is C25H26N2O7. The Balaban J connectivity index is 1.45. The van der Waals surface area contributed by atoms with Crippen molar-refractivity contribution in [2.45, 2.75) is 43.7 Å². The standard InChI is InChI=1S/C25H26N2O7/c1-2-33-22(29)20(21(28)27-25(23(30)31)12-7-13-25)26-24(32)34-14-19-17-10-5-3-8-15(17)16-9-4-6-11-18(16)19/h3-6,8-11,19-20H,2,7,12-14H2,1H3,(H,26,32)(H,27,28)(H,30,31). The number of fused-ring (bicyclic) bond motifs is 3. The van der Waals surface area contributed by atoms with E-state index >= 15 is 0 Å². The maximum atomic E-state index is 12.8. The molecule has 2 amide bonds. The van der Waals surface area contributed by atoms with Gasteiger partial charge in [-0.1, -0.05) is 48.5 Å². The lowest BCUT2D eigenvalue weighted by molar-refractivity contribution is -0.156. The fourth-order valence-corrected chi connectivity index (χ4v) is 4.45. The van der Waals surface area contributed by atoms with Crippen molar-refractivity contribution < 1.29 is 33.8 Å². The molecule has 1 unspecified atom stereocenters. The third-order valence-electron chi connectivity index (χ3n) is 6.37. The predicted octanol–water partition coefficient (Wildman–Crippen LogP) is 2.58. The third-order valence-corrected chi connectivity index (χ3v) is 6.37. The highest BCUT2D eigenvalue weighted by Crippen LogP contribution is 2.44. The van der Waals surface area contributed by atoms with E-state index in [0.717, 1.165) is 22.3 Å². The number of amides is 2. The van der Waals surface area contributed by atoms with Gasteiger partial charge in [-0.2, -0.15) is 0 Å². The number of rotatable bonds is 8. The first-order valence-corrected chi connectivity index (χ1v) is 11.2. The summed E-state index contributed by atoms with van der Waals surface area (Å²) in [6.07, 6.45) is 0.146. The molecule has 178 valence electrons. The SMILES string of the molecule is CCOC(=O)C(NC(=O)OCC1c2ccccc2-c2ccccc21)C(=O)NC1(C(=O)O)CCC1. The largest absolute Gasteiger partial charge is 0.480 e. The number of ether oxygens (including phenoxy) is 2. The summed E-state index contributed by atoms with van der Waals surface area (Å²) in [5, 5.41) is 14.1. The lowest BCUT2D eigenvalue weighted by Crippen LogP contribution is -2.64. The Morgan fingerprint density at radius 2 is 1.59 bits per heavy atom. The van der Waals surface area contributed by atoms with Gasteiger partial charge >= 0.3 is 18.0 Å². The van der Waals surface area contributed by atoms with Crippen LogP contribution in [0.25, 0.3) is 11.1 Å². The zero-order valence-corrected chi connectivity index (χ0v) is 18.7. The average molecular weight is 466 g/mol. The van der Waals surface area contributed by atoms with Gasteiger partial charge in [0, 0.05) is 5.92 Å². The number of alkyl carbamates (subject to hydrolysis) is 1. The molecule has 1 atom stereocenters. The summed E-state index contributed by atoms with van der Waals surface area (Å²) in [7, 11) is 0. The van der Waals surface area contributed by atoms with Gasteiger partial charge in [0.25, 0.3) is 5.91 Å². The number of nitrogens with one attached hydrogen (secondary N) is 2. The van der Waals surface area contributed by atoms with Crippen LogP contribution in [0, 0.1) is 0 Å². The van der Waals surface area contributed by atoms with Crippen LogP contribution in [0.5, 0.6) is 0 Å². The van der Waals surface area contributed by atoms with E-state index in [1.165, 1.54) is 0 Å². The zero-order valence-electron chi connectivity index (χ0n) is 18.7. The maximum absolute atomic E-state index is 12.8. The molecule has 1 saturated carbocycles. The van der Waals surface area contributed by atoms with Crippen molar-refractivity contribution in [1.29, 1.82) is 0 Å². The second-order valence-electron chi connectivity index (χ2n) is 8.39. The molecule has 0 radical (unpaired) electrons. The van der Waals surface area contributed by atoms with Crippen molar-refractivity contribution in [3.05, 3.63) is 59.7 Å². The van der Waals surface area contributed by atoms with Crippen molar-refractivity contribution in [3.8, 4) is 11.1 Å². The van der Waals surface area contributed by atoms with E-state index in [1.54, 1.807) is 6.92 Å². The Labute approximate surface area is 196 Å². The van der Waals surface area contributed by atoms with Crippen molar-refractivity contribution >= 4 is 23.9 Å². The number of carboxylic acids is 1. The minimum Gasteiger partial charge on any atom is -0.480 e. The first-order chi connectivity index (χ1) is 16.4. The third kappa shape index (κ3) is 4.33. The van der Waals surface area contributed by atoms with Gasteiger partial charge in [0.1, 0.15) is 12.1 Å². The Bertz CT molecular complexity index is 1080. The van der Waals surface area contributed by atoms with Crippen LogP contribution >= 0.6 is 0 Å². The van der Waals surface area contributed by atoms with Crippen molar-refractivity contribution in [2.24, 2.45) is 0 Å². The zero-order chi connectivity index (χ0) is 24.3. The van der Waals surface area contributed by atoms with Gasteiger partial charge in [-0.05, 0) is 48.4 Å². The molecule has 2 aliphatic rings. The summed E-state index contributed by atoms with van der Waals surface area (Å²) < 4.78 is 10.3. The van der Waals surface area contributed by atoms with Crippen LogP contribution in [0.15, 0.2) is 48.5 Å². The molecule has 2 aromatic carbocycles.